The van der Waals surface area contributed by atoms with Crippen molar-refractivity contribution in [3.8, 4) is 0 Å². The van der Waals surface area contributed by atoms with Gasteiger partial charge >= 0.3 is 5.97 Å². The average Bonchev–Trinajstić information content (AvgIpc) is 2.71. The Balaban J connectivity index is 1.99. The predicted molar refractivity (Wildman–Crippen MR) is 77.6 cm³/mol. The van der Waals surface area contributed by atoms with E-state index in [1.54, 1.807) is 12.4 Å². The normalized spacial score (nSPS) is 20.1. The van der Waals surface area contributed by atoms with E-state index < -0.39 is 0 Å². The molecule has 1 aliphatic rings. The van der Waals surface area contributed by atoms with E-state index in [1.807, 2.05) is 0 Å². The number of hydrogen-bond acceptors (Lipinski definition) is 5. The van der Waals surface area contributed by atoms with E-state index in [0.717, 1.165) is 11.5 Å². The Labute approximate surface area is 118 Å². The molecule has 1 saturated carbocycles. The molecule has 0 atom stereocenters. The first-order chi connectivity index (χ1) is 8.82. The molecule has 106 valence electrons. The molecule has 1 aliphatic carbocycles. The van der Waals surface area contributed by atoms with Crippen molar-refractivity contribution in [2.45, 2.75) is 34.6 Å². The molecule has 0 bridgehead atoms. The van der Waals surface area contributed by atoms with Gasteiger partial charge in [0.2, 0.25) is 0 Å². The van der Waals surface area contributed by atoms with Crippen molar-refractivity contribution in [3.63, 3.8) is 0 Å². The molecule has 1 heterocycles. The minimum atomic E-state index is -0.347. The Hall–Kier alpha value is -1.10. The van der Waals surface area contributed by atoms with Crippen molar-refractivity contribution < 1.29 is 9.53 Å². The maximum atomic E-state index is 11.7. The molecule has 0 aromatic carbocycles. The van der Waals surface area contributed by atoms with Crippen molar-refractivity contribution in [3.05, 3.63) is 11.2 Å². The topological polar surface area (TPSA) is 51.2 Å². The summed E-state index contributed by atoms with van der Waals surface area (Å²) in [6, 6.07) is 0. The third-order valence-corrected chi connectivity index (χ3v) is 5.61. The highest BCUT2D eigenvalue weighted by Gasteiger charge is 2.64. The van der Waals surface area contributed by atoms with Crippen LogP contribution in [0.5, 0.6) is 0 Å². The van der Waals surface area contributed by atoms with Crippen LogP contribution in [0.25, 0.3) is 0 Å². The second kappa shape index (κ2) is 4.78. The van der Waals surface area contributed by atoms with Gasteiger partial charge in [0.15, 0.2) is 5.69 Å². The molecule has 19 heavy (non-hydrogen) atoms. The third-order valence-electron chi connectivity index (χ3n) is 4.82. The van der Waals surface area contributed by atoms with Gasteiger partial charge in [-0.2, -0.15) is 0 Å². The zero-order chi connectivity index (χ0) is 14.3. The number of thiazole rings is 1. The fourth-order valence-corrected chi connectivity index (χ4v) is 3.43. The molecule has 1 aromatic rings. The number of aromatic nitrogens is 1. The monoisotopic (exact) mass is 282 g/mol. The minimum Gasteiger partial charge on any atom is -0.461 e. The summed E-state index contributed by atoms with van der Waals surface area (Å²) in [5, 5.41) is 4.18. The van der Waals surface area contributed by atoms with Crippen LogP contribution in [0, 0.1) is 16.7 Å². The largest absolute Gasteiger partial charge is 0.461 e. The molecule has 5 heteroatoms. The second-order valence-corrected chi connectivity index (χ2v) is 6.98. The van der Waals surface area contributed by atoms with Gasteiger partial charge < -0.3 is 10.1 Å². The van der Waals surface area contributed by atoms with E-state index in [4.69, 9.17) is 4.74 Å². The summed E-state index contributed by atoms with van der Waals surface area (Å²) in [5.41, 5.74) is 2.77. The molecule has 0 saturated heterocycles. The quantitative estimate of drug-likeness (QED) is 0.841. The smallest absolute Gasteiger partial charge is 0.360 e. The molecule has 1 N–H and O–H groups in total. The van der Waals surface area contributed by atoms with E-state index in [9.17, 15) is 4.79 Å². The second-order valence-electron chi connectivity index (χ2n) is 6.13. The summed E-state index contributed by atoms with van der Waals surface area (Å²) in [7, 11) is 0. The van der Waals surface area contributed by atoms with Gasteiger partial charge in [-0.05, 0) is 23.7 Å². The summed E-state index contributed by atoms with van der Waals surface area (Å²) < 4.78 is 5.00. The Kier molecular flexibility index (Phi) is 3.60. The van der Waals surface area contributed by atoms with E-state index in [1.165, 1.54) is 11.3 Å². The molecule has 0 spiro atoms. The molecule has 0 amide bonds. The zero-order valence-corrected chi connectivity index (χ0v) is 13.1. The van der Waals surface area contributed by atoms with Crippen molar-refractivity contribution in [2.24, 2.45) is 16.7 Å². The number of anilines is 1. The lowest BCUT2D eigenvalue weighted by molar-refractivity contribution is 0.0521. The SMILES string of the molecule is CCOC(=O)c1ncsc1NCC1C(C)(C)C1(C)C. The zero-order valence-electron chi connectivity index (χ0n) is 12.2. The van der Waals surface area contributed by atoms with Crippen LogP contribution in [-0.4, -0.2) is 24.1 Å². The first-order valence-electron chi connectivity index (χ1n) is 6.66. The van der Waals surface area contributed by atoms with Gasteiger partial charge in [0.25, 0.3) is 0 Å². The average molecular weight is 282 g/mol. The van der Waals surface area contributed by atoms with Crippen molar-refractivity contribution in [1.82, 2.24) is 4.98 Å². The standard InChI is InChI=1S/C14H22N2O2S/c1-6-18-12(17)10-11(19-8-16-10)15-7-9-13(2,3)14(9,4)5/h8-9,15H,6-7H2,1-5H3. The fraction of sp³-hybridized carbons (Fsp3) is 0.714. The number of rotatable bonds is 5. The van der Waals surface area contributed by atoms with Crippen LogP contribution in [0.3, 0.4) is 0 Å². The van der Waals surface area contributed by atoms with Crippen molar-refractivity contribution >= 4 is 22.3 Å². The number of carbonyl (C=O) groups excluding carboxylic acids is 1. The summed E-state index contributed by atoms with van der Waals surface area (Å²) in [6.45, 7) is 12.2. The van der Waals surface area contributed by atoms with Gasteiger partial charge in [0.1, 0.15) is 5.00 Å². The van der Waals surface area contributed by atoms with Gasteiger partial charge in [0.05, 0.1) is 12.1 Å². The van der Waals surface area contributed by atoms with Crippen LogP contribution in [0.2, 0.25) is 0 Å². The van der Waals surface area contributed by atoms with Gasteiger partial charge in [-0.15, -0.1) is 11.3 Å². The molecule has 1 fully saturated rings. The fourth-order valence-electron chi connectivity index (χ4n) is 2.75. The number of carbonyl (C=O) groups is 1. The minimum absolute atomic E-state index is 0.342. The number of hydrogen-bond donors (Lipinski definition) is 1. The molecule has 2 rings (SSSR count). The maximum absolute atomic E-state index is 11.7. The van der Waals surface area contributed by atoms with Crippen molar-refractivity contribution in [1.29, 1.82) is 0 Å². The maximum Gasteiger partial charge on any atom is 0.360 e. The highest BCUT2D eigenvalue weighted by atomic mass is 32.1. The summed E-state index contributed by atoms with van der Waals surface area (Å²) >= 11 is 1.45. The predicted octanol–water partition coefficient (Wildman–Crippen LogP) is 3.41. The van der Waals surface area contributed by atoms with Gasteiger partial charge in [-0.3, -0.25) is 0 Å². The van der Waals surface area contributed by atoms with Crippen LogP contribution in [-0.2, 0) is 4.74 Å². The molecular weight excluding hydrogens is 260 g/mol. The van der Waals surface area contributed by atoms with Crippen molar-refractivity contribution in [2.75, 3.05) is 18.5 Å². The van der Waals surface area contributed by atoms with Crippen LogP contribution in [0.1, 0.15) is 45.1 Å². The lowest BCUT2D eigenvalue weighted by atomic mass is 10.0. The van der Waals surface area contributed by atoms with E-state index >= 15 is 0 Å². The Morgan fingerprint density at radius 3 is 2.58 bits per heavy atom. The summed E-state index contributed by atoms with van der Waals surface area (Å²) in [4.78, 5) is 15.8. The Morgan fingerprint density at radius 1 is 1.42 bits per heavy atom. The van der Waals surface area contributed by atoms with E-state index in [0.29, 0.717) is 29.0 Å². The molecule has 1 aromatic heterocycles. The highest BCUT2D eigenvalue weighted by Crippen LogP contribution is 2.68. The number of nitrogens with zero attached hydrogens (tertiary/aromatic N) is 1. The van der Waals surface area contributed by atoms with Crippen LogP contribution in [0.15, 0.2) is 5.51 Å². The van der Waals surface area contributed by atoms with E-state index in [-0.39, 0.29) is 5.97 Å². The first-order valence-corrected chi connectivity index (χ1v) is 7.54. The third kappa shape index (κ3) is 2.36. The number of esters is 1. The van der Waals surface area contributed by atoms with Gasteiger partial charge in [-0.1, -0.05) is 27.7 Å². The van der Waals surface area contributed by atoms with Gasteiger partial charge in [-0.25, -0.2) is 9.78 Å². The van der Waals surface area contributed by atoms with Gasteiger partial charge in [0, 0.05) is 6.54 Å². The first kappa shape index (κ1) is 14.3. The van der Waals surface area contributed by atoms with Crippen LogP contribution < -0.4 is 5.32 Å². The van der Waals surface area contributed by atoms with E-state index in [2.05, 4.69) is 38.0 Å². The molecule has 4 nitrogen and oxygen atoms in total. The highest BCUT2D eigenvalue weighted by molar-refractivity contribution is 7.14. The summed E-state index contributed by atoms with van der Waals surface area (Å²) in [6.07, 6.45) is 0. The molecule has 0 radical (unpaired) electrons. The Bertz CT molecular complexity index is 466. The lowest BCUT2D eigenvalue weighted by Gasteiger charge is -2.07. The molecular formula is C14H22N2O2S. The number of ether oxygens (including phenoxy) is 1. The number of nitrogens with one attached hydrogen (secondary N) is 1. The summed E-state index contributed by atoms with van der Waals surface area (Å²) in [5.74, 6) is 0.262. The molecule has 0 aliphatic heterocycles. The lowest BCUT2D eigenvalue weighted by Crippen LogP contribution is -2.12. The van der Waals surface area contributed by atoms with Crippen LogP contribution in [0.4, 0.5) is 5.00 Å². The molecule has 0 unspecified atom stereocenters. The Morgan fingerprint density at radius 2 is 2.05 bits per heavy atom. The van der Waals surface area contributed by atoms with Crippen LogP contribution >= 0.6 is 11.3 Å².